The van der Waals surface area contributed by atoms with E-state index >= 15 is 0 Å². The molecule has 1 aromatic carbocycles. The van der Waals surface area contributed by atoms with E-state index in [0.29, 0.717) is 17.9 Å². The second-order valence-corrected chi connectivity index (χ2v) is 4.95. The molecule has 0 aliphatic rings. The Hall–Kier alpha value is -2.14. The molecule has 0 saturated carbocycles. The number of carbonyl (C=O) groups is 1. The number of benzene rings is 1. The van der Waals surface area contributed by atoms with Crippen molar-refractivity contribution >= 4 is 11.6 Å². The molecule has 5 nitrogen and oxygen atoms in total. The van der Waals surface area contributed by atoms with Crippen LogP contribution in [0.3, 0.4) is 0 Å². The van der Waals surface area contributed by atoms with Crippen LogP contribution in [0.4, 0.5) is 5.69 Å². The Morgan fingerprint density at radius 3 is 2.76 bits per heavy atom. The van der Waals surface area contributed by atoms with E-state index < -0.39 is 6.10 Å². The van der Waals surface area contributed by atoms with Gasteiger partial charge in [-0.05, 0) is 44.0 Å². The third kappa shape index (κ3) is 3.49. The minimum atomic E-state index is -0.560. The molecule has 0 saturated heterocycles. The first kappa shape index (κ1) is 15.3. The number of aryl methyl sites for hydroxylation is 2. The molecule has 0 aliphatic carbocycles. The topological polar surface area (TPSA) is 67.2 Å². The monoisotopic (exact) mass is 287 g/mol. The Bertz CT molecular complexity index is 632. The molecule has 1 amide bonds. The van der Waals surface area contributed by atoms with Gasteiger partial charge in [-0.3, -0.25) is 9.48 Å². The fourth-order valence-corrected chi connectivity index (χ4v) is 2.14. The minimum Gasteiger partial charge on any atom is -0.389 e. The number of rotatable bonds is 5. The van der Waals surface area contributed by atoms with E-state index in [0.717, 1.165) is 17.7 Å². The summed E-state index contributed by atoms with van der Waals surface area (Å²) in [5, 5.41) is 16.8. The second-order valence-electron chi connectivity index (χ2n) is 4.95. The quantitative estimate of drug-likeness (QED) is 0.888. The molecule has 0 spiro atoms. The zero-order chi connectivity index (χ0) is 15.4. The number of hydrogen-bond donors (Lipinski definition) is 2. The molecule has 2 N–H and O–H groups in total. The molecule has 0 fully saturated rings. The van der Waals surface area contributed by atoms with Crippen molar-refractivity contribution in [3.8, 4) is 0 Å². The lowest BCUT2D eigenvalue weighted by Gasteiger charge is -2.09. The molecular weight excluding hydrogens is 266 g/mol. The molecule has 2 rings (SSSR count). The van der Waals surface area contributed by atoms with Crippen molar-refractivity contribution < 1.29 is 9.90 Å². The van der Waals surface area contributed by atoms with Gasteiger partial charge in [-0.1, -0.05) is 19.1 Å². The average molecular weight is 287 g/mol. The van der Waals surface area contributed by atoms with Crippen molar-refractivity contribution in [2.24, 2.45) is 0 Å². The van der Waals surface area contributed by atoms with E-state index in [1.165, 1.54) is 0 Å². The molecule has 1 atom stereocenters. The molecule has 21 heavy (non-hydrogen) atoms. The predicted molar refractivity (Wildman–Crippen MR) is 82.3 cm³/mol. The summed E-state index contributed by atoms with van der Waals surface area (Å²) in [6, 6.07) is 9.03. The predicted octanol–water partition coefficient (Wildman–Crippen LogP) is 2.77. The lowest BCUT2D eigenvalue weighted by atomic mass is 10.1. The van der Waals surface area contributed by atoms with Crippen LogP contribution in [0.1, 0.15) is 48.6 Å². The molecule has 1 aromatic heterocycles. The second kappa shape index (κ2) is 6.54. The highest BCUT2D eigenvalue weighted by Crippen LogP contribution is 2.18. The molecule has 1 unspecified atom stereocenters. The molecule has 112 valence electrons. The zero-order valence-corrected chi connectivity index (χ0v) is 12.6. The highest BCUT2D eigenvalue weighted by atomic mass is 16.3. The van der Waals surface area contributed by atoms with Gasteiger partial charge in [0.05, 0.1) is 11.8 Å². The third-order valence-corrected chi connectivity index (χ3v) is 3.35. The fraction of sp³-hybridized carbons (Fsp3) is 0.375. The van der Waals surface area contributed by atoms with Crippen molar-refractivity contribution in [2.75, 3.05) is 5.32 Å². The van der Waals surface area contributed by atoms with Crippen LogP contribution >= 0.6 is 0 Å². The average Bonchev–Trinajstić information content (AvgIpc) is 2.91. The van der Waals surface area contributed by atoms with E-state index in [-0.39, 0.29) is 5.91 Å². The summed E-state index contributed by atoms with van der Waals surface area (Å²) in [7, 11) is 0. The summed E-state index contributed by atoms with van der Waals surface area (Å²) in [5.41, 5.74) is 2.89. The standard InChI is InChI=1S/C16H21N3O2/c1-4-13-10-15(19(5-2)18-13)16(21)17-14-8-6-7-12(9-14)11(3)20/h6-11,20H,4-5H2,1-3H3,(H,17,21). The Kier molecular flexibility index (Phi) is 4.75. The number of nitrogens with zero attached hydrogens (tertiary/aromatic N) is 2. The van der Waals surface area contributed by atoms with E-state index in [2.05, 4.69) is 10.4 Å². The third-order valence-electron chi connectivity index (χ3n) is 3.35. The summed E-state index contributed by atoms with van der Waals surface area (Å²) >= 11 is 0. The van der Waals surface area contributed by atoms with Gasteiger partial charge in [0.15, 0.2) is 0 Å². The Balaban J connectivity index is 2.21. The first-order chi connectivity index (χ1) is 10.0. The van der Waals surface area contributed by atoms with Crippen LogP contribution in [0.2, 0.25) is 0 Å². The maximum absolute atomic E-state index is 12.4. The highest BCUT2D eigenvalue weighted by molar-refractivity contribution is 6.03. The van der Waals surface area contributed by atoms with Crippen molar-refractivity contribution in [1.29, 1.82) is 0 Å². The Morgan fingerprint density at radius 1 is 1.38 bits per heavy atom. The molecule has 5 heteroatoms. The SMILES string of the molecule is CCc1cc(C(=O)Nc2cccc(C(C)O)c2)n(CC)n1. The van der Waals surface area contributed by atoms with Gasteiger partial charge in [0, 0.05) is 12.2 Å². The van der Waals surface area contributed by atoms with Crippen molar-refractivity contribution in [3.05, 3.63) is 47.3 Å². The van der Waals surface area contributed by atoms with Crippen LogP contribution in [0.15, 0.2) is 30.3 Å². The minimum absolute atomic E-state index is 0.188. The number of aliphatic hydroxyl groups is 1. The van der Waals surface area contributed by atoms with E-state index in [1.807, 2.05) is 32.0 Å². The fourth-order valence-electron chi connectivity index (χ4n) is 2.14. The summed E-state index contributed by atoms with van der Waals surface area (Å²) in [4.78, 5) is 12.4. The van der Waals surface area contributed by atoms with Crippen LogP contribution in [-0.4, -0.2) is 20.8 Å². The first-order valence-electron chi connectivity index (χ1n) is 7.21. The number of aliphatic hydroxyl groups excluding tert-OH is 1. The largest absolute Gasteiger partial charge is 0.389 e. The molecule has 0 bridgehead atoms. The van der Waals surface area contributed by atoms with Crippen molar-refractivity contribution in [1.82, 2.24) is 9.78 Å². The van der Waals surface area contributed by atoms with Gasteiger partial charge in [0.1, 0.15) is 5.69 Å². The van der Waals surface area contributed by atoms with Gasteiger partial charge >= 0.3 is 0 Å². The van der Waals surface area contributed by atoms with E-state index in [1.54, 1.807) is 23.7 Å². The maximum atomic E-state index is 12.4. The molecule has 1 heterocycles. The smallest absolute Gasteiger partial charge is 0.273 e. The van der Waals surface area contributed by atoms with E-state index in [9.17, 15) is 9.90 Å². The van der Waals surface area contributed by atoms with Crippen molar-refractivity contribution in [3.63, 3.8) is 0 Å². The number of hydrogen-bond acceptors (Lipinski definition) is 3. The molecule has 0 aliphatic heterocycles. The summed E-state index contributed by atoms with van der Waals surface area (Å²) in [6.45, 7) is 6.31. The zero-order valence-electron chi connectivity index (χ0n) is 12.6. The molecular formula is C16H21N3O2. The normalized spacial score (nSPS) is 12.2. The van der Waals surface area contributed by atoms with Gasteiger partial charge < -0.3 is 10.4 Å². The molecule has 0 radical (unpaired) electrons. The van der Waals surface area contributed by atoms with Crippen LogP contribution in [0, 0.1) is 0 Å². The first-order valence-corrected chi connectivity index (χ1v) is 7.21. The number of nitrogens with one attached hydrogen (secondary N) is 1. The van der Waals surface area contributed by atoms with Crippen LogP contribution in [0.5, 0.6) is 0 Å². The Morgan fingerprint density at radius 2 is 2.14 bits per heavy atom. The van der Waals surface area contributed by atoms with Crippen molar-refractivity contribution in [2.45, 2.75) is 39.8 Å². The number of aromatic nitrogens is 2. The highest BCUT2D eigenvalue weighted by Gasteiger charge is 2.14. The van der Waals surface area contributed by atoms with Crippen LogP contribution < -0.4 is 5.32 Å². The van der Waals surface area contributed by atoms with Gasteiger partial charge in [-0.2, -0.15) is 5.10 Å². The lowest BCUT2D eigenvalue weighted by Crippen LogP contribution is -2.17. The Labute approximate surface area is 124 Å². The lowest BCUT2D eigenvalue weighted by molar-refractivity contribution is 0.101. The van der Waals surface area contributed by atoms with Crippen LogP contribution in [-0.2, 0) is 13.0 Å². The summed E-state index contributed by atoms with van der Waals surface area (Å²) in [6.07, 6.45) is 0.236. The van der Waals surface area contributed by atoms with Gasteiger partial charge in [0.25, 0.3) is 5.91 Å². The number of carbonyl (C=O) groups excluding carboxylic acids is 1. The number of anilines is 1. The molecule has 2 aromatic rings. The van der Waals surface area contributed by atoms with E-state index in [4.69, 9.17) is 0 Å². The van der Waals surface area contributed by atoms with Gasteiger partial charge in [0.2, 0.25) is 0 Å². The van der Waals surface area contributed by atoms with Crippen LogP contribution in [0.25, 0.3) is 0 Å². The summed E-state index contributed by atoms with van der Waals surface area (Å²) in [5.74, 6) is -0.188. The summed E-state index contributed by atoms with van der Waals surface area (Å²) < 4.78 is 1.70. The maximum Gasteiger partial charge on any atom is 0.273 e. The van der Waals surface area contributed by atoms with Gasteiger partial charge in [-0.15, -0.1) is 0 Å². The van der Waals surface area contributed by atoms with Gasteiger partial charge in [-0.25, -0.2) is 0 Å². The number of amides is 1.